The lowest BCUT2D eigenvalue weighted by Crippen LogP contribution is -2.17. The van der Waals surface area contributed by atoms with Gasteiger partial charge in [-0.05, 0) is 24.7 Å². The second-order valence-corrected chi connectivity index (χ2v) is 2.79. The molecule has 0 aromatic carbocycles. The van der Waals surface area contributed by atoms with E-state index < -0.39 is 0 Å². The minimum atomic E-state index is 0.293. The first-order valence-electron chi connectivity index (χ1n) is 3.77. The first kappa shape index (κ1) is 7.55. The molecule has 0 saturated carbocycles. The number of rotatable bonds is 2. The molecule has 0 saturated heterocycles. The summed E-state index contributed by atoms with van der Waals surface area (Å²) in [5, 5.41) is 8.91. The van der Waals surface area contributed by atoms with E-state index in [0.717, 1.165) is 12.8 Å². The Morgan fingerprint density at radius 1 is 1.50 bits per heavy atom. The van der Waals surface area contributed by atoms with Crippen molar-refractivity contribution in [2.24, 2.45) is 11.8 Å². The van der Waals surface area contributed by atoms with Crippen LogP contribution in [0.1, 0.15) is 12.8 Å². The van der Waals surface area contributed by atoms with Crippen molar-refractivity contribution in [3.63, 3.8) is 0 Å². The van der Waals surface area contributed by atoms with Gasteiger partial charge in [0.15, 0.2) is 0 Å². The third-order valence-corrected chi connectivity index (χ3v) is 2.16. The van der Waals surface area contributed by atoms with E-state index in [1.54, 1.807) is 0 Å². The third-order valence-electron chi connectivity index (χ3n) is 2.16. The first-order chi connectivity index (χ1) is 4.88. The summed E-state index contributed by atoms with van der Waals surface area (Å²) in [6.45, 7) is 4.03. The molecule has 0 radical (unpaired) electrons. The Bertz CT molecular complexity index is 138. The summed E-state index contributed by atoms with van der Waals surface area (Å²) in [5.74, 6) is 0.914. The second-order valence-electron chi connectivity index (χ2n) is 2.79. The molecule has 0 heterocycles. The summed E-state index contributed by atoms with van der Waals surface area (Å²) >= 11 is 0. The highest BCUT2D eigenvalue weighted by Gasteiger charge is 2.17. The van der Waals surface area contributed by atoms with Gasteiger partial charge in [0.1, 0.15) is 0 Å². The zero-order chi connectivity index (χ0) is 7.40. The van der Waals surface area contributed by atoms with Crippen molar-refractivity contribution in [3.8, 4) is 0 Å². The molecule has 0 aromatic heterocycles. The number of hydrogen-bond acceptors (Lipinski definition) is 1. The van der Waals surface area contributed by atoms with E-state index >= 15 is 0 Å². The monoisotopic (exact) mass is 138 g/mol. The largest absolute Gasteiger partial charge is 0.396 e. The average Bonchev–Trinajstić information content (AvgIpc) is 2.04. The number of hydrogen-bond donors (Lipinski definition) is 1. The summed E-state index contributed by atoms with van der Waals surface area (Å²) in [6, 6.07) is 0. The Morgan fingerprint density at radius 3 is 2.70 bits per heavy atom. The van der Waals surface area contributed by atoms with Gasteiger partial charge >= 0.3 is 0 Å². The van der Waals surface area contributed by atoms with Crippen LogP contribution in [0.15, 0.2) is 24.8 Å². The summed E-state index contributed by atoms with van der Waals surface area (Å²) in [4.78, 5) is 0. The molecule has 0 fully saturated rings. The molecule has 0 spiro atoms. The molecule has 0 aromatic rings. The van der Waals surface area contributed by atoms with Gasteiger partial charge in [-0.3, -0.25) is 0 Å². The van der Waals surface area contributed by atoms with E-state index in [1.165, 1.54) is 0 Å². The van der Waals surface area contributed by atoms with Crippen LogP contribution in [-0.4, -0.2) is 11.7 Å². The van der Waals surface area contributed by atoms with Crippen LogP contribution >= 0.6 is 0 Å². The fourth-order valence-electron chi connectivity index (χ4n) is 1.39. The molecule has 0 amide bonds. The fourth-order valence-corrected chi connectivity index (χ4v) is 1.39. The van der Waals surface area contributed by atoms with Crippen LogP contribution in [0.5, 0.6) is 0 Å². The van der Waals surface area contributed by atoms with Crippen molar-refractivity contribution < 1.29 is 5.11 Å². The van der Waals surface area contributed by atoms with Gasteiger partial charge in [0, 0.05) is 6.61 Å². The molecule has 56 valence electrons. The van der Waals surface area contributed by atoms with Crippen LogP contribution in [0.2, 0.25) is 0 Å². The Kier molecular flexibility index (Phi) is 2.69. The van der Waals surface area contributed by atoms with Crippen molar-refractivity contribution in [2.75, 3.05) is 6.61 Å². The highest BCUT2D eigenvalue weighted by Crippen LogP contribution is 2.25. The molecule has 0 bridgehead atoms. The zero-order valence-electron chi connectivity index (χ0n) is 6.16. The van der Waals surface area contributed by atoms with Crippen molar-refractivity contribution in [2.45, 2.75) is 12.8 Å². The molecule has 10 heavy (non-hydrogen) atoms. The smallest absolute Gasteiger partial charge is 0.0467 e. The third kappa shape index (κ3) is 1.48. The van der Waals surface area contributed by atoms with Gasteiger partial charge in [-0.2, -0.15) is 0 Å². The van der Waals surface area contributed by atoms with E-state index in [9.17, 15) is 0 Å². The fraction of sp³-hybridized carbons (Fsp3) is 0.556. The maximum Gasteiger partial charge on any atom is 0.0467 e. The lowest BCUT2D eigenvalue weighted by Gasteiger charge is -2.23. The number of allylic oxidation sites excluding steroid dienone is 3. The van der Waals surface area contributed by atoms with Gasteiger partial charge in [0.2, 0.25) is 0 Å². The Morgan fingerprint density at radius 2 is 2.20 bits per heavy atom. The summed E-state index contributed by atoms with van der Waals surface area (Å²) in [6.07, 6.45) is 8.31. The first-order valence-corrected chi connectivity index (χ1v) is 3.77. The highest BCUT2D eigenvalue weighted by molar-refractivity contribution is 4.99. The average molecular weight is 138 g/mol. The van der Waals surface area contributed by atoms with Crippen LogP contribution in [-0.2, 0) is 0 Å². The molecule has 0 aliphatic heterocycles. The van der Waals surface area contributed by atoms with Gasteiger partial charge in [-0.1, -0.05) is 18.2 Å². The summed E-state index contributed by atoms with van der Waals surface area (Å²) in [7, 11) is 0. The van der Waals surface area contributed by atoms with Gasteiger partial charge in [-0.15, -0.1) is 6.58 Å². The van der Waals surface area contributed by atoms with Crippen molar-refractivity contribution in [1.82, 2.24) is 0 Å². The Labute approximate surface area is 62.1 Å². The van der Waals surface area contributed by atoms with Crippen molar-refractivity contribution >= 4 is 0 Å². The predicted octanol–water partition coefficient (Wildman–Crippen LogP) is 1.75. The van der Waals surface area contributed by atoms with E-state index in [-0.39, 0.29) is 0 Å². The Balaban J connectivity index is 2.53. The minimum absolute atomic E-state index is 0.293. The normalized spacial score (nSPS) is 32.1. The van der Waals surface area contributed by atoms with Gasteiger partial charge in [0.05, 0.1) is 0 Å². The summed E-state index contributed by atoms with van der Waals surface area (Å²) in [5.41, 5.74) is 0. The van der Waals surface area contributed by atoms with E-state index in [2.05, 4.69) is 18.7 Å². The van der Waals surface area contributed by atoms with Gasteiger partial charge < -0.3 is 5.11 Å². The molecule has 2 atom stereocenters. The predicted molar refractivity (Wildman–Crippen MR) is 42.6 cm³/mol. The van der Waals surface area contributed by atoms with Gasteiger partial charge in [-0.25, -0.2) is 0 Å². The second kappa shape index (κ2) is 3.57. The standard InChI is InChI=1S/C9H14O/c1-2-8-5-3-4-6-9(8)7-10/h2-4,8-10H,1,5-7H2/t8-,9-/m0/s1. The molecule has 1 aliphatic carbocycles. The Hall–Kier alpha value is -0.560. The number of aliphatic hydroxyl groups is 1. The topological polar surface area (TPSA) is 20.2 Å². The SMILES string of the molecule is C=C[C@H]1CC=CC[C@H]1CO. The van der Waals surface area contributed by atoms with E-state index in [0.29, 0.717) is 18.4 Å². The van der Waals surface area contributed by atoms with Gasteiger partial charge in [0.25, 0.3) is 0 Å². The molecular weight excluding hydrogens is 124 g/mol. The van der Waals surface area contributed by atoms with E-state index in [4.69, 9.17) is 5.11 Å². The maximum atomic E-state index is 8.91. The molecule has 1 aliphatic rings. The molecule has 1 nitrogen and oxygen atoms in total. The maximum absolute atomic E-state index is 8.91. The summed E-state index contributed by atoms with van der Waals surface area (Å²) < 4.78 is 0. The number of aliphatic hydroxyl groups excluding tert-OH is 1. The van der Waals surface area contributed by atoms with Crippen LogP contribution in [0.3, 0.4) is 0 Å². The zero-order valence-corrected chi connectivity index (χ0v) is 6.16. The molecule has 1 rings (SSSR count). The van der Waals surface area contributed by atoms with Crippen LogP contribution in [0.4, 0.5) is 0 Å². The molecular formula is C9H14O. The van der Waals surface area contributed by atoms with Crippen LogP contribution in [0, 0.1) is 11.8 Å². The van der Waals surface area contributed by atoms with Crippen LogP contribution in [0.25, 0.3) is 0 Å². The minimum Gasteiger partial charge on any atom is -0.396 e. The van der Waals surface area contributed by atoms with Crippen molar-refractivity contribution in [3.05, 3.63) is 24.8 Å². The lowest BCUT2D eigenvalue weighted by atomic mass is 9.84. The van der Waals surface area contributed by atoms with E-state index in [1.807, 2.05) is 6.08 Å². The lowest BCUT2D eigenvalue weighted by molar-refractivity contribution is 0.191. The highest BCUT2D eigenvalue weighted by atomic mass is 16.3. The quantitative estimate of drug-likeness (QED) is 0.576. The molecule has 0 unspecified atom stereocenters. The molecule has 1 N–H and O–H groups in total. The van der Waals surface area contributed by atoms with Crippen LogP contribution < -0.4 is 0 Å². The van der Waals surface area contributed by atoms with Crippen molar-refractivity contribution in [1.29, 1.82) is 0 Å². The molecule has 1 heteroatoms.